The number of nitrogens with zero attached hydrogens (tertiary/aromatic N) is 1. The van der Waals surface area contributed by atoms with Gasteiger partial charge in [0.1, 0.15) is 10.6 Å². The van der Waals surface area contributed by atoms with E-state index in [1.54, 1.807) is 12.1 Å². The lowest BCUT2D eigenvalue weighted by atomic mass is 9.94. The van der Waals surface area contributed by atoms with Crippen LogP contribution < -0.4 is 10.2 Å². The van der Waals surface area contributed by atoms with Gasteiger partial charge < -0.3 is 20.1 Å². The van der Waals surface area contributed by atoms with Crippen LogP contribution in [-0.4, -0.2) is 30.1 Å². The molecule has 0 radical (unpaired) electrons. The first-order valence-electron chi connectivity index (χ1n) is 13.9. The van der Waals surface area contributed by atoms with Gasteiger partial charge in [-0.15, -0.1) is 11.3 Å². The largest absolute Gasteiger partial charge is 0.508 e. The number of ether oxygens (including phenoxy) is 1. The minimum atomic E-state index is -0.266. The van der Waals surface area contributed by atoms with Gasteiger partial charge in [-0.3, -0.25) is 4.79 Å². The first kappa shape index (κ1) is 27.3. The zero-order valence-electron chi connectivity index (χ0n) is 23.2. The maximum absolute atomic E-state index is 13.0. The monoisotopic (exact) mass is 574 g/mol. The number of carbonyl (C=O) groups is 2. The fourth-order valence-corrected chi connectivity index (χ4v) is 6.10. The number of nitrogens with one attached hydrogen (secondary N) is 1. The number of hydrogen-bond donors (Lipinski definition) is 2. The van der Waals surface area contributed by atoms with Gasteiger partial charge in [0.25, 0.3) is 5.91 Å². The summed E-state index contributed by atoms with van der Waals surface area (Å²) in [6, 6.07) is 32.7. The minimum absolute atomic E-state index is 0.172. The first-order chi connectivity index (χ1) is 20.5. The smallest absolute Gasteiger partial charge is 0.348 e. The van der Waals surface area contributed by atoms with E-state index >= 15 is 0 Å². The van der Waals surface area contributed by atoms with Crippen molar-refractivity contribution in [1.82, 2.24) is 0 Å². The summed E-state index contributed by atoms with van der Waals surface area (Å²) in [6.45, 7) is 3.86. The molecule has 0 aliphatic carbocycles. The Balaban J connectivity index is 1.12. The van der Waals surface area contributed by atoms with Crippen molar-refractivity contribution >= 4 is 33.9 Å². The molecule has 1 aliphatic rings. The Labute approximate surface area is 248 Å². The number of amides is 1. The molecule has 0 saturated heterocycles. The summed E-state index contributed by atoms with van der Waals surface area (Å²) in [5.74, 6) is -0.215. The van der Waals surface area contributed by atoms with Crippen LogP contribution in [0.5, 0.6) is 5.75 Å². The van der Waals surface area contributed by atoms with Crippen LogP contribution >= 0.6 is 11.3 Å². The number of aromatic hydroxyl groups is 1. The Kier molecular flexibility index (Phi) is 7.75. The second kappa shape index (κ2) is 11.9. The van der Waals surface area contributed by atoms with E-state index in [1.165, 1.54) is 22.5 Å². The van der Waals surface area contributed by atoms with Gasteiger partial charge in [0.05, 0.1) is 11.6 Å². The minimum Gasteiger partial charge on any atom is -0.508 e. The topological polar surface area (TPSA) is 78.9 Å². The molecule has 0 fully saturated rings. The van der Waals surface area contributed by atoms with Crippen LogP contribution in [0.15, 0.2) is 103 Å². The molecule has 0 spiro atoms. The van der Waals surface area contributed by atoms with Crippen molar-refractivity contribution in [2.45, 2.75) is 19.9 Å². The normalized spacial score (nSPS) is 12.5. The summed E-state index contributed by atoms with van der Waals surface area (Å²) < 4.78 is 5.14. The lowest BCUT2D eigenvalue weighted by Gasteiger charge is -2.29. The molecule has 2 N–H and O–H groups in total. The summed E-state index contributed by atoms with van der Waals surface area (Å²) in [7, 11) is 0. The van der Waals surface area contributed by atoms with E-state index in [0.29, 0.717) is 17.0 Å². The maximum atomic E-state index is 13.0. The third kappa shape index (κ3) is 5.92. The fraction of sp³-hybridized carbons (Fsp3) is 0.143. The quantitative estimate of drug-likeness (QED) is 0.194. The van der Waals surface area contributed by atoms with Crippen LogP contribution in [0.3, 0.4) is 0 Å². The lowest BCUT2D eigenvalue weighted by molar-refractivity contribution is 0.0532. The Bertz CT molecular complexity index is 1740. The number of anilines is 2. The highest BCUT2D eigenvalue weighted by Gasteiger charge is 2.20. The highest BCUT2D eigenvalue weighted by Crippen LogP contribution is 2.33. The van der Waals surface area contributed by atoms with Crippen molar-refractivity contribution in [2.24, 2.45) is 0 Å². The van der Waals surface area contributed by atoms with Crippen LogP contribution in [0.4, 0.5) is 10.7 Å². The first-order valence-corrected chi connectivity index (χ1v) is 14.7. The van der Waals surface area contributed by atoms with Gasteiger partial charge in [-0.25, -0.2) is 4.79 Å². The number of hydrogen-bond acceptors (Lipinski definition) is 6. The maximum Gasteiger partial charge on any atom is 0.348 e. The van der Waals surface area contributed by atoms with Crippen molar-refractivity contribution in [2.75, 3.05) is 23.4 Å². The van der Waals surface area contributed by atoms with E-state index in [4.69, 9.17) is 4.74 Å². The summed E-state index contributed by atoms with van der Waals surface area (Å²) >= 11 is 1.48. The summed E-state index contributed by atoms with van der Waals surface area (Å²) in [5, 5.41) is 13.6. The molecule has 2 heterocycles. The molecular weight excluding hydrogens is 544 g/mol. The number of fused-ring (bicyclic) bond motifs is 1. The van der Waals surface area contributed by atoms with Gasteiger partial charge in [-0.05, 0) is 95.3 Å². The van der Waals surface area contributed by atoms with Gasteiger partial charge >= 0.3 is 5.97 Å². The average molecular weight is 575 g/mol. The number of thiophene rings is 1. The van der Waals surface area contributed by atoms with E-state index in [1.807, 2.05) is 73.7 Å². The summed E-state index contributed by atoms with van der Waals surface area (Å²) in [6.07, 6.45) is 0.909. The van der Waals surface area contributed by atoms with E-state index in [-0.39, 0.29) is 17.6 Å². The van der Waals surface area contributed by atoms with Crippen LogP contribution in [0.1, 0.15) is 38.1 Å². The van der Waals surface area contributed by atoms with Crippen LogP contribution in [0.2, 0.25) is 0 Å². The van der Waals surface area contributed by atoms with Crippen molar-refractivity contribution in [1.29, 1.82) is 0 Å². The number of phenolic OH excluding ortho intramolecular Hbond substituents is 1. The van der Waals surface area contributed by atoms with E-state index in [0.717, 1.165) is 52.5 Å². The fourth-order valence-electron chi connectivity index (χ4n) is 5.18. The van der Waals surface area contributed by atoms with Crippen molar-refractivity contribution in [3.05, 3.63) is 125 Å². The Morgan fingerprint density at radius 3 is 2.31 bits per heavy atom. The summed E-state index contributed by atoms with van der Waals surface area (Å²) in [5.41, 5.74) is 7.99. The van der Waals surface area contributed by atoms with Crippen molar-refractivity contribution < 1.29 is 19.4 Å². The molecule has 6 nitrogen and oxygen atoms in total. The molecular formula is C35H30N2O4S. The Morgan fingerprint density at radius 1 is 0.833 bits per heavy atom. The van der Waals surface area contributed by atoms with Crippen LogP contribution in [0, 0.1) is 0 Å². The molecule has 4 aromatic carbocycles. The van der Waals surface area contributed by atoms with Gasteiger partial charge in [0, 0.05) is 24.3 Å². The highest BCUT2D eigenvalue weighted by atomic mass is 32.1. The molecule has 6 rings (SSSR count). The number of carbonyl (C=O) groups excluding carboxylic acids is 2. The molecule has 1 amide bonds. The molecule has 0 atom stereocenters. The van der Waals surface area contributed by atoms with Crippen LogP contribution in [0.25, 0.3) is 22.3 Å². The van der Waals surface area contributed by atoms with Crippen molar-refractivity contribution in [3.63, 3.8) is 0 Å². The zero-order valence-corrected chi connectivity index (χ0v) is 24.0. The van der Waals surface area contributed by atoms with E-state index in [9.17, 15) is 14.7 Å². The molecule has 0 unspecified atom stereocenters. The number of benzene rings is 4. The number of esters is 1. The van der Waals surface area contributed by atoms with E-state index < -0.39 is 0 Å². The predicted octanol–water partition coefficient (Wildman–Crippen LogP) is 7.78. The standard InChI is InChI=1S/C35H30N2O4S/c1-2-41-35(40)32-16-17-33(42-32)37-19-18-28-20-27(10-11-29(28)22-37)26-4-3-5-30(21-26)36-34(39)25-8-6-23(7-9-25)24-12-14-31(38)15-13-24/h3-17,20-21,38H,2,18-19,22H2,1H3,(H,36,39). The predicted molar refractivity (Wildman–Crippen MR) is 168 cm³/mol. The Hall–Kier alpha value is -4.88. The number of phenols is 1. The van der Waals surface area contributed by atoms with E-state index in [2.05, 4.69) is 34.5 Å². The molecule has 7 heteroatoms. The molecule has 1 aromatic heterocycles. The molecule has 0 saturated carbocycles. The molecule has 5 aromatic rings. The molecule has 0 bridgehead atoms. The molecule has 42 heavy (non-hydrogen) atoms. The van der Waals surface area contributed by atoms with Gasteiger partial charge in [-0.2, -0.15) is 0 Å². The third-order valence-electron chi connectivity index (χ3n) is 7.40. The number of rotatable bonds is 7. The highest BCUT2D eigenvalue weighted by molar-refractivity contribution is 7.17. The zero-order chi connectivity index (χ0) is 29.1. The second-order valence-corrected chi connectivity index (χ2v) is 11.2. The third-order valence-corrected chi connectivity index (χ3v) is 8.53. The second-order valence-electron chi connectivity index (χ2n) is 10.2. The lowest BCUT2D eigenvalue weighted by Crippen LogP contribution is -2.29. The molecule has 1 aliphatic heterocycles. The van der Waals surface area contributed by atoms with Crippen LogP contribution in [-0.2, 0) is 17.7 Å². The summed E-state index contributed by atoms with van der Waals surface area (Å²) in [4.78, 5) is 28.0. The van der Waals surface area contributed by atoms with Gasteiger partial charge in [-0.1, -0.05) is 54.6 Å². The molecule has 210 valence electrons. The SMILES string of the molecule is CCOC(=O)c1ccc(N2CCc3cc(-c4cccc(NC(=O)c5ccc(-c6ccc(O)cc6)cc5)c4)ccc3C2)s1. The average Bonchev–Trinajstić information content (AvgIpc) is 3.52. The van der Waals surface area contributed by atoms with Gasteiger partial charge in [0.15, 0.2) is 0 Å². The van der Waals surface area contributed by atoms with Crippen molar-refractivity contribution in [3.8, 4) is 28.0 Å². The van der Waals surface area contributed by atoms with Gasteiger partial charge in [0.2, 0.25) is 0 Å². The Morgan fingerprint density at radius 2 is 1.55 bits per heavy atom.